The standard InChI is InChI=1S/C22H21N2O2S/c1-2-18-6-5-7-21(16-18)27(25,26)20-11-9-19(10-12-20)17-24-14-4-3-8-22(24)23-13-15-24/h3-16H,2,17H2,1H3/q+1. The van der Waals surface area contributed by atoms with Gasteiger partial charge in [0.2, 0.25) is 15.7 Å². The number of quaternary nitrogens is 1. The molecule has 5 heteroatoms. The number of aryl methyl sites for hydroxylation is 1. The summed E-state index contributed by atoms with van der Waals surface area (Å²) in [5.41, 5.74) is 2.07. The highest BCUT2D eigenvalue weighted by atomic mass is 32.2. The van der Waals surface area contributed by atoms with Gasteiger partial charge in [0.1, 0.15) is 18.9 Å². The summed E-state index contributed by atoms with van der Waals surface area (Å²) >= 11 is 0. The van der Waals surface area contributed by atoms with Gasteiger partial charge in [-0.15, -0.1) is 0 Å². The van der Waals surface area contributed by atoms with E-state index in [1.54, 1.807) is 30.3 Å². The number of aliphatic imine (C=N–C) groups is 1. The van der Waals surface area contributed by atoms with Crippen molar-refractivity contribution in [3.63, 3.8) is 0 Å². The molecule has 2 aliphatic rings. The monoisotopic (exact) mass is 377 g/mol. The van der Waals surface area contributed by atoms with Crippen molar-refractivity contribution < 1.29 is 12.9 Å². The van der Waals surface area contributed by atoms with Crippen molar-refractivity contribution in [3.8, 4) is 0 Å². The van der Waals surface area contributed by atoms with E-state index in [2.05, 4.69) is 11.2 Å². The summed E-state index contributed by atoms with van der Waals surface area (Å²) in [5.74, 6) is 0.963. The van der Waals surface area contributed by atoms with Gasteiger partial charge in [-0.2, -0.15) is 4.99 Å². The van der Waals surface area contributed by atoms with Crippen LogP contribution < -0.4 is 0 Å². The third-order valence-corrected chi connectivity index (χ3v) is 6.74. The molecule has 0 fully saturated rings. The van der Waals surface area contributed by atoms with Crippen molar-refractivity contribution in [2.75, 3.05) is 0 Å². The fourth-order valence-electron chi connectivity index (χ4n) is 3.40. The Bertz CT molecular complexity index is 1090. The molecule has 4 nitrogen and oxygen atoms in total. The van der Waals surface area contributed by atoms with E-state index in [1.165, 1.54) is 0 Å². The van der Waals surface area contributed by atoms with Crippen LogP contribution in [-0.4, -0.2) is 18.7 Å². The molecule has 0 N–H and O–H groups in total. The van der Waals surface area contributed by atoms with Gasteiger partial charge in [-0.25, -0.2) is 12.9 Å². The molecule has 2 aliphatic heterocycles. The normalized spacial score (nSPS) is 20.6. The highest BCUT2D eigenvalue weighted by Crippen LogP contribution is 2.27. The Morgan fingerprint density at radius 2 is 1.74 bits per heavy atom. The number of allylic oxidation sites excluding steroid dienone is 2. The molecule has 2 aromatic rings. The molecule has 0 spiro atoms. The average Bonchev–Trinajstić information content (AvgIpc) is 3.12. The Labute approximate surface area is 160 Å². The fraction of sp³-hybridized carbons (Fsp3) is 0.136. The third-order valence-electron chi connectivity index (χ3n) is 4.97. The second kappa shape index (κ2) is 6.76. The van der Waals surface area contributed by atoms with Gasteiger partial charge in [-0.3, -0.25) is 0 Å². The zero-order valence-electron chi connectivity index (χ0n) is 15.1. The second-order valence-electron chi connectivity index (χ2n) is 6.72. The molecule has 1 unspecified atom stereocenters. The minimum atomic E-state index is -3.51. The first kappa shape index (κ1) is 17.6. The lowest BCUT2D eigenvalue weighted by Crippen LogP contribution is -2.40. The van der Waals surface area contributed by atoms with Gasteiger partial charge in [0.25, 0.3) is 0 Å². The van der Waals surface area contributed by atoms with Crippen LogP contribution in [-0.2, 0) is 22.8 Å². The Morgan fingerprint density at radius 1 is 0.926 bits per heavy atom. The molecule has 0 bridgehead atoms. The van der Waals surface area contributed by atoms with Crippen LogP contribution >= 0.6 is 0 Å². The summed E-state index contributed by atoms with van der Waals surface area (Å²) in [6, 6.07) is 14.3. The summed E-state index contributed by atoms with van der Waals surface area (Å²) in [4.78, 5) is 5.08. The number of rotatable bonds is 5. The van der Waals surface area contributed by atoms with Crippen molar-refractivity contribution >= 4 is 15.7 Å². The predicted octanol–water partition coefficient (Wildman–Crippen LogP) is 4.37. The van der Waals surface area contributed by atoms with Gasteiger partial charge in [-0.05, 0) is 48.4 Å². The maximum Gasteiger partial charge on any atom is 0.237 e. The number of nitrogens with zero attached hydrogens (tertiary/aromatic N) is 2. The molecular formula is C22H21N2O2S+. The van der Waals surface area contributed by atoms with Crippen LogP contribution in [0.1, 0.15) is 18.1 Å². The second-order valence-corrected chi connectivity index (χ2v) is 8.67. The van der Waals surface area contributed by atoms with Crippen LogP contribution in [0.4, 0.5) is 0 Å². The lowest BCUT2D eigenvalue weighted by molar-refractivity contribution is -0.743. The van der Waals surface area contributed by atoms with E-state index >= 15 is 0 Å². The number of amidine groups is 1. The smallest absolute Gasteiger partial charge is 0.219 e. The van der Waals surface area contributed by atoms with Crippen LogP contribution in [0.3, 0.4) is 0 Å². The van der Waals surface area contributed by atoms with Crippen molar-refractivity contribution in [1.82, 2.24) is 0 Å². The number of sulfone groups is 1. The van der Waals surface area contributed by atoms with Gasteiger partial charge >= 0.3 is 0 Å². The average molecular weight is 377 g/mol. The molecule has 136 valence electrons. The summed E-state index contributed by atoms with van der Waals surface area (Å²) in [6.07, 6.45) is 12.7. The summed E-state index contributed by atoms with van der Waals surface area (Å²) in [6.45, 7) is 2.71. The maximum absolute atomic E-state index is 12.9. The molecular weight excluding hydrogens is 356 g/mol. The van der Waals surface area contributed by atoms with E-state index in [9.17, 15) is 8.42 Å². The largest absolute Gasteiger partial charge is 0.237 e. The lowest BCUT2D eigenvalue weighted by atomic mass is 10.1. The van der Waals surface area contributed by atoms with Crippen LogP contribution in [0.2, 0.25) is 0 Å². The molecule has 0 aliphatic carbocycles. The number of hydrogen-bond donors (Lipinski definition) is 0. The molecule has 0 amide bonds. The molecule has 1 atom stereocenters. The lowest BCUT2D eigenvalue weighted by Gasteiger charge is -2.28. The third kappa shape index (κ3) is 3.20. The Balaban J connectivity index is 1.61. The summed E-state index contributed by atoms with van der Waals surface area (Å²) < 4.78 is 26.4. The highest BCUT2D eigenvalue weighted by molar-refractivity contribution is 7.91. The van der Waals surface area contributed by atoms with Crippen LogP contribution in [0.15, 0.2) is 100 Å². The van der Waals surface area contributed by atoms with Crippen molar-refractivity contribution in [3.05, 3.63) is 96.5 Å². The van der Waals surface area contributed by atoms with Gasteiger partial charge in [0.15, 0.2) is 0 Å². The molecule has 0 aromatic heterocycles. The van der Waals surface area contributed by atoms with Gasteiger partial charge in [0.05, 0.1) is 16.0 Å². The van der Waals surface area contributed by atoms with Crippen molar-refractivity contribution in [2.24, 2.45) is 4.99 Å². The van der Waals surface area contributed by atoms with E-state index in [0.29, 0.717) is 20.8 Å². The van der Waals surface area contributed by atoms with Gasteiger partial charge in [-0.1, -0.05) is 31.2 Å². The van der Waals surface area contributed by atoms with E-state index in [1.807, 2.05) is 55.8 Å². The minimum absolute atomic E-state index is 0.319. The van der Waals surface area contributed by atoms with Crippen LogP contribution in [0.25, 0.3) is 0 Å². The van der Waals surface area contributed by atoms with Crippen molar-refractivity contribution in [1.29, 1.82) is 0 Å². The summed E-state index contributed by atoms with van der Waals surface area (Å²) in [5, 5.41) is 0. The highest BCUT2D eigenvalue weighted by Gasteiger charge is 2.33. The zero-order chi connectivity index (χ0) is 18.9. The fourth-order valence-corrected chi connectivity index (χ4v) is 4.73. The first-order chi connectivity index (χ1) is 13.0. The number of benzene rings is 2. The molecule has 2 heterocycles. The quantitative estimate of drug-likeness (QED) is 0.727. The van der Waals surface area contributed by atoms with E-state index in [0.717, 1.165) is 23.4 Å². The number of fused-ring (bicyclic) bond motifs is 1. The van der Waals surface area contributed by atoms with Crippen molar-refractivity contribution in [2.45, 2.75) is 29.7 Å². The topological polar surface area (TPSA) is 46.5 Å². The molecule has 2 aromatic carbocycles. The molecule has 4 rings (SSSR count). The maximum atomic E-state index is 12.9. The first-order valence-corrected chi connectivity index (χ1v) is 10.4. The van der Waals surface area contributed by atoms with E-state index in [-0.39, 0.29) is 0 Å². The Hall–Kier alpha value is -2.76. The van der Waals surface area contributed by atoms with E-state index < -0.39 is 9.84 Å². The van der Waals surface area contributed by atoms with Gasteiger partial charge in [0, 0.05) is 11.6 Å². The van der Waals surface area contributed by atoms with Gasteiger partial charge < -0.3 is 0 Å². The molecule has 0 saturated heterocycles. The summed E-state index contributed by atoms with van der Waals surface area (Å²) in [7, 11) is -3.51. The van der Waals surface area contributed by atoms with Crippen LogP contribution in [0.5, 0.6) is 0 Å². The Morgan fingerprint density at radius 3 is 2.52 bits per heavy atom. The SMILES string of the molecule is CCc1cccc(S(=O)(=O)c2ccc(C[N+]34C=CC=CC3=NC=C4)cc2)c1. The van der Waals surface area contributed by atoms with E-state index in [4.69, 9.17) is 0 Å². The molecule has 0 radical (unpaired) electrons. The zero-order valence-corrected chi connectivity index (χ0v) is 15.9. The molecule has 27 heavy (non-hydrogen) atoms. The minimum Gasteiger partial charge on any atom is -0.219 e. The first-order valence-electron chi connectivity index (χ1n) is 8.96. The Kier molecular flexibility index (Phi) is 4.42. The van der Waals surface area contributed by atoms with Crippen LogP contribution in [0, 0.1) is 0 Å². The molecule has 0 saturated carbocycles. The predicted molar refractivity (Wildman–Crippen MR) is 107 cm³/mol. The number of hydrogen-bond acceptors (Lipinski definition) is 3.